The van der Waals surface area contributed by atoms with Crippen LogP contribution in [0.2, 0.25) is 0 Å². The number of likely N-dealkylation sites (tertiary alicyclic amines) is 1. The van der Waals surface area contributed by atoms with E-state index < -0.39 is 0 Å². The van der Waals surface area contributed by atoms with Gasteiger partial charge >= 0.3 is 0 Å². The molecule has 3 N–H and O–H groups in total. The zero-order chi connectivity index (χ0) is 24.5. The number of benzene rings is 1. The Balaban J connectivity index is 0.00000304. The van der Waals surface area contributed by atoms with Crippen LogP contribution in [0.1, 0.15) is 23.2 Å². The van der Waals surface area contributed by atoms with Crippen molar-refractivity contribution in [1.29, 1.82) is 0 Å². The number of piperidine rings is 1. The number of anilines is 1. The van der Waals surface area contributed by atoms with Crippen LogP contribution in [-0.2, 0) is 0 Å². The van der Waals surface area contributed by atoms with E-state index >= 15 is 4.39 Å². The largest absolute Gasteiger partial charge is 0.504 e. The van der Waals surface area contributed by atoms with Crippen LogP contribution in [0.3, 0.4) is 0 Å². The molecule has 1 saturated heterocycles. The van der Waals surface area contributed by atoms with Gasteiger partial charge in [-0.15, -0.1) is 0 Å². The van der Waals surface area contributed by atoms with Crippen LogP contribution in [-0.4, -0.2) is 64.4 Å². The minimum absolute atomic E-state index is 0. The third-order valence-electron chi connectivity index (χ3n) is 6.84. The van der Waals surface area contributed by atoms with E-state index in [1.54, 1.807) is 24.4 Å². The molecule has 1 amide bonds. The number of allylic oxidation sites excluding steroid dienone is 2. The van der Waals surface area contributed by atoms with Crippen molar-refractivity contribution in [3.8, 4) is 11.3 Å². The van der Waals surface area contributed by atoms with Gasteiger partial charge < -0.3 is 25.4 Å². The number of likely N-dealkylation sites (N-methyl/N-ethyl adjacent to an activating group) is 1. The molecule has 0 unspecified atom stereocenters. The second-order valence-corrected chi connectivity index (χ2v) is 9.18. The second kappa shape index (κ2) is 9.87. The van der Waals surface area contributed by atoms with Crippen LogP contribution in [0.5, 0.6) is 0 Å². The Hall–Kier alpha value is -4.72. The number of rotatable bonds is 5. The Kier molecular flexibility index (Phi) is 6.69. The van der Waals surface area contributed by atoms with E-state index in [0.29, 0.717) is 35.2 Å². The van der Waals surface area contributed by atoms with E-state index in [4.69, 9.17) is 4.98 Å². The average Bonchev–Trinajstić information content (AvgIpc) is 3.34. The van der Waals surface area contributed by atoms with Gasteiger partial charge in [0.2, 0.25) is 11.9 Å². The minimum atomic E-state index is -0.254. The number of halogens is 1. The molecular weight excluding hydrogens is 692 g/mol. The number of aromatic amines is 1. The molecule has 2 aliphatic heterocycles. The number of hydrogen-bond acceptors (Lipinski definition) is 6. The van der Waals surface area contributed by atoms with Gasteiger partial charge in [-0.05, 0) is 62.7 Å². The molecule has 1 fully saturated rings. The number of amides is 1. The molecule has 4 heterocycles. The number of hydrogen-bond donors (Lipinski definition) is 3. The third-order valence-corrected chi connectivity index (χ3v) is 6.84. The Morgan fingerprint density at radius 1 is 1.14 bits per heavy atom. The summed E-state index contributed by atoms with van der Waals surface area (Å²) in [5.41, 5.74) is 3.60. The Morgan fingerprint density at radius 3 is 2.56 bits per heavy atom. The predicted octanol–water partition coefficient (Wildman–Crippen LogP) is 3.91. The number of carbonyl (C=O) groups is 1. The first kappa shape index (κ1) is 24.4. The molecule has 1 aromatic carbocycles. The maximum Gasteiger partial charge on any atom is 0.230 e. The molecule has 2 aliphatic rings. The molecule has 5 rings (SSSR count). The predicted molar refractivity (Wildman–Crippen MR) is 135 cm³/mol. The van der Waals surface area contributed by atoms with Crippen molar-refractivity contribution in [2.45, 2.75) is 12.8 Å². The summed E-state index contributed by atoms with van der Waals surface area (Å²) in [7, 11) is 7.47. The summed E-state index contributed by atoms with van der Waals surface area (Å²) in [6.45, 7) is 2.52. The van der Waals surface area contributed by atoms with E-state index in [0.717, 1.165) is 42.5 Å². The Labute approximate surface area is 203 Å². The van der Waals surface area contributed by atoms with Crippen molar-refractivity contribution in [2.75, 3.05) is 39.0 Å². The molecule has 0 aliphatic carbocycles. The Morgan fingerprint density at radius 2 is 1.86 bits per heavy atom. The zero-order valence-corrected chi connectivity index (χ0v) is 23.2. The number of fused-ring (bicyclic) bond motifs is 1. The van der Waals surface area contributed by atoms with Gasteiger partial charge in [-0.25, -0.2) is 9.37 Å². The monoisotopic (exact) mass is 717 g/mol. The minimum Gasteiger partial charge on any atom is -0.504 e. The van der Waals surface area contributed by atoms with Crippen LogP contribution in [0.4, 0.5) is 10.3 Å². The first-order chi connectivity index (χ1) is 16.9. The van der Waals surface area contributed by atoms with E-state index in [-0.39, 0.29) is 17.7 Å². The summed E-state index contributed by atoms with van der Waals surface area (Å²) in [5, 5.41) is 6.44. The molecule has 36 heavy (non-hydrogen) atoms. The number of H-pyrrole nitrogens is 1. The van der Waals surface area contributed by atoms with Crippen molar-refractivity contribution < 1.29 is 9.18 Å². The normalized spacial score (nSPS) is 17.1. The molecule has 0 radical (unpaired) electrons. The SMILES string of the molecule is [CH2-]NC(=O)c1ccc(-c2nc(NC3=CC(F)=C(C4CCN(C)CC4)CN3C)nc3[nH]ccc23)cc1.[Cm]. The van der Waals surface area contributed by atoms with E-state index in [1.165, 1.54) is 0 Å². The fourth-order valence-electron chi connectivity index (χ4n) is 4.77. The summed E-state index contributed by atoms with van der Waals surface area (Å²) < 4.78 is 15.2. The number of aromatic nitrogens is 3. The zero-order valence-electron chi connectivity index (χ0n) is 20.3. The van der Waals surface area contributed by atoms with Crippen LogP contribution in [0.15, 0.2) is 59.8 Å². The Bertz CT molecular complexity index is 1310. The molecule has 0 saturated carbocycles. The van der Waals surface area contributed by atoms with Crippen molar-refractivity contribution in [3.63, 3.8) is 0 Å². The summed E-state index contributed by atoms with van der Waals surface area (Å²) >= 11 is 0. The standard InChI is InChI=1S/C26H29FN7O.Cm/c1-28-25(35)18-6-4-17(5-7-18)23-19-8-11-29-24(19)32-26(31-23)30-22-14-21(27)20(15-34(22)3)16-9-12-33(2)13-10-16;/h4-8,11,14,16H,1,9-10,12-13,15H2,2-3H3,(H,28,35)(H2,29,30,31,32);/q-1;. The maximum absolute atomic E-state index is 15.2. The second-order valence-electron chi connectivity index (χ2n) is 9.18. The molecule has 0 bridgehead atoms. The average molecular weight is 722 g/mol. The smallest absolute Gasteiger partial charge is 0.230 e. The van der Waals surface area contributed by atoms with Gasteiger partial charge in [-0.3, -0.25) is 11.8 Å². The number of nitrogens with zero attached hydrogens (tertiary/aromatic N) is 4. The van der Waals surface area contributed by atoms with Crippen LogP contribution >= 0.6 is 0 Å². The fourth-order valence-corrected chi connectivity index (χ4v) is 4.77. The van der Waals surface area contributed by atoms with Gasteiger partial charge in [0.05, 0.1) is 5.69 Å². The van der Waals surface area contributed by atoms with Crippen molar-refractivity contribution >= 4 is 22.9 Å². The van der Waals surface area contributed by atoms with E-state index in [1.807, 2.05) is 30.1 Å². The summed E-state index contributed by atoms with van der Waals surface area (Å²) in [6.07, 6.45) is 5.31. The van der Waals surface area contributed by atoms with Crippen LogP contribution in [0.25, 0.3) is 22.3 Å². The molecule has 2 aromatic heterocycles. The van der Waals surface area contributed by atoms with Crippen LogP contribution < -0.4 is 10.6 Å². The molecule has 10 heteroatoms. The van der Waals surface area contributed by atoms with Gasteiger partial charge in [0.25, 0.3) is 0 Å². The van der Waals surface area contributed by atoms with Crippen molar-refractivity contribution in [3.05, 3.63) is 72.4 Å². The molecule has 8 nitrogen and oxygen atoms in total. The van der Waals surface area contributed by atoms with Gasteiger partial charge in [0, 0.05) is 42.4 Å². The van der Waals surface area contributed by atoms with Crippen molar-refractivity contribution in [2.24, 2.45) is 5.92 Å². The fraction of sp³-hybridized carbons (Fsp3) is 0.308. The van der Waals surface area contributed by atoms with Gasteiger partial charge in [0.1, 0.15) is 17.3 Å². The first-order valence-corrected chi connectivity index (χ1v) is 11.7. The third kappa shape index (κ3) is 4.61. The molecule has 0 spiro atoms. The topological polar surface area (TPSA) is 89.2 Å². The van der Waals surface area contributed by atoms with Crippen LogP contribution in [0, 0.1) is 13.0 Å². The molecule has 190 valence electrons. The summed E-state index contributed by atoms with van der Waals surface area (Å²) in [5.74, 6) is 0.829. The van der Waals surface area contributed by atoms with Gasteiger partial charge in [-0.1, -0.05) is 12.1 Å². The van der Waals surface area contributed by atoms with E-state index in [2.05, 4.69) is 39.6 Å². The van der Waals surface area contributed by atoms with Crippen molar-refractivity contribution in [1.82, 2.24) is 30.1 Å². The van der Waals surface area contributed by atoms with Gasteiger partial charge in [0.15, 0.2) is 0 Å². The number of carbonyl (C=O) groups excluding carboxylic acids is 1. The first-order valence-electron chi connectivity index (χ1n) is 11.7. The maximum atomic E-state index is 15.2. The van der Waals surface area contributed by atoms with Gasteiger partial charge in [-0.2, -0.15) is 4.98 Å². The summed E-state index contributed by atoms with van der Waals surface area (Å²) in [4.78, 5) is 28.6. The molecular formula is C26H29CmFN7O-. The van der Waals surface area contributed by atoms with E-state index in [9.17, 15) is 4.79 Å². The number of nitrogens with one attached hydrogen (secondary N) is 3. The quantitative estimate of drug-likeness (QED) is 0.347. The molecule has 3 aromatic rings. The summed E-state index contributed by atoms with van der Waals surface area (Å²) in [6, 6.07) is 9.04. The molecule has 0 atom stereocenters.